The van der Waals surface area contributed by atoms with Crippen molar-refractivity contribution in [1.82, 2.24) is 15.1 Å². The van der Waals surface area contributed by atoms with Crippen molar-refractivity contribution in [2.24, 2.45) is 4.40 Å². The molecule has 0 aromatic carbocycles. The van der Waals surface area contributed by atoms with E-state index in [1.807, 2.05) is 0 Å². The summed E-state index contributed by atoms with van der Waals surface area (Å²) in [5.74, 6) is 0.223. The molecule has 1 unspecified atom stereocenters. The van der Waals surface area contributed by atoms with E-state index in [0.29, 0.717) is 30.5 Å². The van der Waals surface area contributed by atoms with Crippen molar-refractivity contribution in [3.05, 3.63) is 23.9 Å². The molecule has 1 amide bonds. The van der Waals surface area contributed by atoms with E-state index in [-0.39, 0.29) is 11.7 Å². The normalized spacial score (nSPS) is 25.8. The molecule has 3 aliphatic rings. The van der Waals surface area contributed by atoms with Gasteiger partial charge in [-0.3, -0.25) is 4.79 Å². The minimum Gasteiger partial charge on any atom is -0.352 e. The maximum atomic E-state index is 12.3. The number of hydrogen-bond acceptors (Lipinski definition) is 5. The van der Waals surface area contributed by atoms with Gasteiger partial charge >= 0.3 is 0 Å². The highest BCUT2D eigenvalue weighted by Crippen LogP contribution is 2.17. The molecule has 1 fully saturated rings. The number of hydrogen-bond donors (Lipinski definition) is 1. The van der Waals surface area contributed by atoms with Gasteiger partial charge in [0, 0.05) is 31.9 Å². The van der Waals surface area contributed by atoms with Crippen LogP contribution in [0.25, 0.3) is 0 Å². The number of sulfonamides is 1. The molecule has 0 aromatic heterocycles. The Morgan fingerprint density at radius 1 is 1.32 bits per heavy atom. The third-order valence-electron chi connectivity index (χ3n) is 4.93. The number of piperidine rings is 1. The van der Waals surface area contributed by atoms with Crippen molar-refractivity contribution in [3.63, 3.8) is 0 Å². The summed E-state index contributed by atoms with van der Waals surface area (Å²) >= 11 is 0. The van der Waals surface area contributed by atoms with Crippen LogP contribution in [0.4, 0.5) is 0 Å². The van der Waals surface area contributed by atoms with E-state index in [1.54, 1.807) is 23.3 Å². The molecule has 0 saturated carbocycles. The van der Waals surface area contributed by atoms with Gasteiger partial charge in [0.05, 0.1) is 11.3 Å². The molecule has 0 aromatic rings. The number of rotatable bonds is 5. The predicted octanol–water partition coefficient (Wildman–Crippen LogP) is 0.865. The fraction of sp³-hybridized carbons (Fsp3) is 0.647. The van der Waals surface area contributed by atoms with Crippen molar-refractivity contribution < 1.29 is 13.2 Å². The average molecular weight is 366 g/mol. The molecule has 8 heteroatoms. The fourth-order valence-electron chi connectivity index (χ4n) is 3.41. The van der Waals surface area contributed by atoms with Crippen LogP contribution >= 0.6 is 0 Å². The van der Waals surface area contributed by atoms with E-state index >= 15 is 0 Å². The first kappa shape index (κ1) is 18.1. The zero-order valence-corrected chi connectivity index (χ0v) is 15.5. The first-order valence-corrected chi connectivity index (χ1v) is 10.6. The Hall–Kier alpha value is -1.67. The molecule has 138 valence electrons. The summed E-state index contributed by atoms with van der Waals surface area (Å²) in [6, 6.07) is 0.640. The minimum atomic E-state index is -3.36. The van der Waals surface area contributed by atoms with E-state index in [4.69, 9.17) is 0 Å². The third-order valence-corrected chi connectivity index (χ3v) is 6.10. The van der Waals surface area contributed by atoms with Crippen molar-refractivity contribution >= 4 is 21.8 Å². The summed E-state index contributed by atoms with van der Waals surface area (Å²) in [5.41, 5.74) is 0.532. The van der Waals surface area contributed by atoms with Crippen LogP contribution < -0.4 is 5.32 Å². The SMILES string of the molecule is CC1CCCCN1CCCNC(=O)C1=CN2CCS(=O)(=O)N=C2C=C1. The van der Waals surface area contributed by atoms with Gasteiger partial charge in [-0.15, -0.1) is 4.40 Å². The molecular weight excluding hydrogens is 340 g/mol. The molecule has 0 bridgehead atoms. The van der Waals surface area contributed by atoms with Gasteiger partial charge in [0.2, 0.25) is 0 Å². The highest BCUT2D eigenvalue weighted by atomic mass is 32.2. The number of carbonyl (C=O) groups is 1. The minimum absolute atomic E-state index is 0.0240. The maximum absolute atomic E-state index is 12.3. The van der Waals surface area contributed by atoms with Crippen molar-refractivity contribution in [3.8, 4) is 0 Å². The number of likely N-dealkylation sites (tertiary alicyclic amines) is 1. The van der Waals surface area contributed by atoms with Gasteiger partial charge in [-0.1, -0.05) is 6.42 Å². The molecule has 7 nitrogen and oxygen atoms in total. The molecule has 1 N–H and O–H groups in total. The average Bonchev–Trinajstić information content (AvgIpc) is 2.58. The standard InChI is InChI=1S/C17H26N4O3S/c1-14-5-2-3-9-20(14)10-4-8-18-17(22)15-6-7-16-19-25(23,24)12-11-21(16)13-15/h6-7,13-14H,2-5,8-12H2,1H3,(H,18,22). The Kier molecular flexibility index (Phi) is 5.58. The van der Waals surface area contributed by atoms with Crippen LogP contribution in [0, 0.1) is 0 Å². The third kappa shape index (κ3) is 4.70. The zero-order valence-electron chi connectivity index (χ0n) is 14.6. The first-order valence-electron chi connectivity index (χ1n) is 8.96. The number of carbonyl (C=O) groups excluding carboxylic acids is 1. The highest BCUT2D eigenvalue weighted by Gasteiger charge is 2.25. The summed E-state index contributed by atoms with van der Waals surface area (Å²) in [7, 11) is -3.36. The molecule has 3 aliphatic heterocycles. The fourth-order valence-corrected chi connectivity index (χ4v) is 4.38. The molecule has 1 saturated heterocycles. The van der Waals surface area contributed by atoms with Gasteiger partial charge in [0.15, 0.2) is 0 Å². The second-order valence-electron chi connectivity index (χ2n) is 6.84. The molecule has 0 radical (unpaired) electrons. The monoisotopic (exact) mass is 366 g/mol. The van der Waals surface area contributed by atoms with E-state index < -0.39 is 10.0 Å². The second kappa shape index (κ2) is 7.70. The molecule has 3 heterocycles. The van der Waals surface area contributed by atoms with E-state index in [9.17, 15) is 13.2 Å². The molecule has 25 heavy (non-hydrogen) atoms. The summed E-state index contributed by atoms with van der Waals surface area (Å²) in [5, 5.41) is 2.95. The molecule has 3 rings (SSSR count). The van der Waals surface area contributed by atoms with Crippen molar-refractivity contribution in [2.75, 3.05) is 31.9 Å². The highest BCUT2D eigenvalue weighted by molar-refractivity contribution is 7.90. The number of fused-ring (bicyclic) bond motifs is 1. The largest absolute Gasteiger partial charge is 0.352 e. The van der Waals surface area contributed by atoms with Crippen LogP contribution in [0.1, 0.15) is 32.6 Å². The summed E-state index contributed by atoms with van der Waals surface area (Å²) in [4.78, 5) is 16.5. The van der Waals surface area contributed by atoms with Crippen LogP contribution in [0.5, 0.6) is 0 Å². The second-order valence-corrected chi connectivity index (χ2v) is 8.59. The lowest BCUT2D eigenvalue weighted by molar-refractivity contribution is -0.117. The number of amidine groups is 1. The van der Waals surface area contributed by atoms with E-state index in [1.165, 1.54) is 19.3 Å². The number of nitrogens with zero attached hydrogens (tertiary/aromatic N) is 3. The van der Waals surface area contributed by atoms with Crippen LogP contribution in [0.3, 0.4) is 0 Å². The lowest BCUT2D eigenvalue weighted by Crippen LogP contribution is -2.40. The Bertz CT molecular complexity index is 711. The Morgan fingerprint density at radius 3 is 2.96 bits per heavy atom. The Morgan fingerprint density at radius 2 is 2.16 bits per heavy atom. The number of nitrogens with one attached hydrogen (secondary N) is 1. The first-order chi connectivity index (χ1) is 11.9. The topological polar surface area (TPSA) is 82.1 Å². The lowest BCUT2D eigenvalue weighted by Gasteiger charge is -2.33. The van der Waals surface area contributed by atoms with Crippen LogP contribution in [-0.4, -0.2) is 67.9 Å². The Labute approximate surface area is 149 Å². The zero-order chi connectivity index (χ0) is 17.9. The van der Waals surface area contributed by atoms with Crippen LogP contribution in [-0.2, 0) is 14.8 Å². The smallest absolute Gasteiger partial charge is 0.256 e. The van der Waals surface area contributed by atoms with E-state index in [2.05, 4.69) is 21.5 Å². The van der Waals surface area contributed by atoms with E-state index in [0.717, 1.165) is 19.5 Å². The summed E-state index contributed by atoms with van der Waals surface area (Å²) in [6.45, 7) is 5.41. The van der Waals surface area contributed by atoms with Gasteiger partial charge < -0.3 is 15.1 Å². The van der Waals surface area contributed by atoms with Crippen molar-refractivity contribution in [2.45, 2.75) is 38.6 Å². The van der Waals surface area contributed by atoms with Crippen LogP contribution in [0.2, 0.25) is 0 Å². The molecule has 0 spiro atoms. The molecular formula is C17H26N4O3S. The van der Waals surface area contributed by atoms with Gasteiger partial charge in [-0.25, -0.2) is 8.42 Å². The summed E-state index contributed by atoms with van der Waals surface area (Å²) < 4.78 is 26.7. The Balaban J connectivity index is 1.46. The van der Waals surface area contributed by atoms with Gasteiger partial charge in [0.25, 0.3) is 15.9 Å². The maximum Gasteiger partial charge on any atom is 0.256 e. The van der Waals surface area contributed by atoms with Crippen LogP contribution in [0.15, 0.2) is 28.3 Å². The summed E-state index contributed by atoms with van der Waals surface area (Å²) in [6.07, 6.45) is 9.66. The predicted molar refractivity (Wildman–Crippen MR) is 97.7 cm³/mol. The molecule has 0 aliphatic carbocycles. The van der Waals surface area contributed by atoms with Gasteiger partial charge in [-0.2, -0.15) is 0 Å². The molecule has 1 atom stereocenters. The van der Waals surface area contributed by atoms with Gasteiger partial charge in [-0.05, 0) is 44.9 Å². The lowest BCUT2D eigenvalue weighted by atomic mass is 10.0. The quantitative estimate of drug-likeness (QED) is 0.730. The van der Waals surface area contributed by atoms with Crippen molar-refractivity contribution in [1.29, 1.82) is 0 Å². The number of amides is 1. The van der Waals surface area contributed by atoms with Gasteiger partial charge in [0.1, 0.15) is 5.84 Å².